The summed E-state index contributed by atoms with van der Waals surface area (Å²) in [5.41, 5.74) is 4.08. The van der Waals surface area contributed by atoms with Crippen LogP contribution in [-0.4, -0.2) is 66.3 Å². The number of ether oxygens (including phenoxy) is 1. The smallest absolute Gasteiger partial charge is 0.319 e. The van der Waals surface area contributed by atoms with E-state index in [0.29, 0.717) is 13.2 Å². The molecular weight excluding hydrogens is 404 g/mol. The number of fused-ring (bicyclic) bond motifs is 1. The third-order valence-corrected chi connectivity index (χ3v) is 6.39. The Morgan fingerprint density at radius 3 is 2.62 bits per heavy atom. The van der Waals surface area contributed by atoms with Gasteiger partial charge < -0.3 is 20.3 Å². The molecule has 2 aromatic rings. The molecule has 2 aliphatic rings. The van der Waals surface area contributed by atoms with Crippen molar-refractivity contribution in [3.8, 4) is 11.4 Å². The van der Waals surface area contributed by atoms with E-state index in [1.165, 1.54) is 5.56 Å². The number of carbonyl (C=O) groups excluding carboxylic acids is 1. The zero-order chi connectivity index (χ0) is 22.7. The molecule has 4 rings (SSSR count). The molecule has 0 aliphatic carbocycles. The number of morpholine rings is 1. The van der Waals surface area contributed by atoms with Crippen LogP contribution in [0.25, 0.3) is 11.4 Å². The normalized spacial score (nSPS) is 21.2. The number of hydrogen-bond acceptors (Lipinski definition) is 6. The molecule has 0 bridgehead atoms. The van der Waals surface area contributed by atoms with E-state index in [-0.39, 0.29) is 18.1 Å². The first kappa shape index (κ1) is 22.5. The predicted molar refractivity (Wildman–Crippen MR) is 127 cm³/mol. The summed E-state index contributed by atoms with van der Waals surface area (Å²) >= 11 is 0. The summed E-state index contributed by atoms with van der Waals surface area (Å²) < 4.78 is 5.68. The second kappa shape index (κ2) is 9.83. The van der Waals surface area contributed by atoms with Crippen LogP contribution in [0.5, 0.6) is 0 Å². The fourth-order valence-electron chi connectivity index (χ4n) is 4.58. The highest BCUT2D eigenvalue weighted by atomic mass is 16.5. The lowest BCUT2D eigenvalue weighted by molar-refractivity contribution is 0.0982. The van der Waals surface area contributed by atoms with Crippen molar-refractivity contribution in [1.82, 2.24) is 20.2 Å². The van der Waals surface area contributed by atoms with Gasteiger partial charge in [0.15, 0.2) is 5.82 Å². The number of urea groups is 1. The minimum Gasteiger partial charge on any atom is -0.377 e. The summed E-state index contributed by atoms with van der Waals surface area (Å²) in [5, 5.41) is 5.58. The van der Waals surface area contributed by atoms with Crippen molar-refractivity contribution in [2.75, 3.05) is 49.6 Å². The van der Waals surface area contributed by atoms with Crippen LogP contribution in [0.1, 0.15) is 45.0 Å². The molecule has 1 aromatic heterocycles. The van der Waals surface area contributed by atoms with E-state index in [4.69, 9.17) is 14.7 Å². The first-order valence-corrected chi connectivity index (χ1v) is 11.7. The van der Waals surface area contributed by atoms with Gasteiger partial charge in [0.2, 0.25) is 0 Å². The SMILES string of the molecule is CCNC(=O)Nc1ccc(-c2nc3c(c(N4CCOC[C@@H]4C)n2)CCN(CC)C3C)cc1. The summed E-state index contributed by atoms with van der Waals surface area (Å²) in [6.07, 6.45) is 0.961. The lowest BCUT2D eigenvalue weighted by Crippen LogP contribution is -2.45. The lowest BCUT2D eigenvalue weighted by atomic mass is 9.97. The highest BCUT2D eigenvalue weighted by Gasteiger charge is 2.31. The van der Waals surface area contributed by atoms with Gasteiger partial charge in [-0.25, -0.2) is 14.8 Å². The van der Waals surface area contributed by atoms with Crippen molar-refractivity contribution in [3.63, 3.8) is 0 Å². The van der Waals surface area contributed by atoms with E-state index in [1.54, 1.807) is 0 Å². The Hall–Kier alpha value is -2.71. The van der Waals surface area contributed by atoms with Gasteiger partial charge in [0, 0.05) is 42.5 Å². The van der Waals surface area contributed by atoms with E-state index in [1.807, 2.05) is 31.2 Å². The van der Waals surface area contributed by atoms with Gasteiger partial charge in [-0.3, -0.25) is 4.90 Å². The number of hydrogen-bond donors (Lipinski definition) is 2. The highest BCUT2D eigenvalue weighted by molar-refractivity contribution is 5.89. The van der Waals surface area contributed by atoms with Crippen molar-refractivity contribution in [2.45, 2.75) is 46.2 Å². The Balaban J connectivity index is 1.71. The van der Waals surface area contributed by atoms with Crippen molar-refractivity contribution in [2.24, 2.45) is 0 Å². The molecule has 0 saturated carbocycles. The molecule has 8 nitrogen and oxygen atoms in total. The largest absolute Gasteiger partial charge is 0.377 e. The van der Waals surface area contributed by atoms with Crippen LogP contribution < -0.4 is 15.5 Å². The van der Waals surface area contributed by atoms with Crippen LogP contribution in [0.15, 0.2) is 24.3 Å². The number of nitrogens with one attached hydrogen (secondary N) is 2. The lowest BCUT2D eigenvalue weighted by Gasteiger charge is -2.39. The van der Waals surface area contributed by atoms with E-state index in [9.17, 15) is 4.79 Å². The maximum absolute atomic E-state index is 11.8. The Kier molecular flexibility index (Phi) is 6.91. The molecule has 2 amide bonds. The number of rotatable bonds is 5. The fraction of sp³-hybridized carbons (Fsp3) is 0.542. The van der Waals surface area contributed by atoms with Gasteiger partial charge in [-0.05, 0) is 58.0 Å². The second-order valence-corrected chi connectivity index (χ2v) is 8.47. The molecule has 8 heteroatoms. The summed E-state index contributed by atoms with van der Waals surface area (Å²) in [4.78, 5) is 26.8. The van der Waals surface area contributed by atoms with Crippen molar-refractivity contribution < 1.29 is 9.53 Å². The Morgan fingerprint density at radius 2 is 1.94 bits per heavy atom. The summed E-state index contributed by atoms with van der Waals surface area (Å²) in [7, 11) is 0. The standard InChI is InChI=1S/C24H34N6O2/c1-5-25-24(31)26-19-9-7-18(8-10-19)22-27-21-17(4)29(6-2)12-11-20(21)23(28-22)30-13-14-32-15-16(30)3/h7-10,16-17H,5-6,11-15H2,1-4H3,(H2,25,26,31)/t16-,17?/m0/s1. The van der Waals surface area contributed by atoms with Crippen LogP contribution in [0.3, 0.4) is 0 Å². The van der Waals surface area contributed by atoms with Crippen LogP contribution in [0.2, 0.25) is 0 Å². The van der Waals surface area contributed by atoms with Crippen molar-refractivity contribution in [1.29, 1.82) is 0 Å². The third kappa shape index (κ3) is 4.56. The van der Waals surface area contributed by atoms with E-state index < -0.39 is 0 Å². The van der Waals surface area contributed by atoms with E-state index >= 15 is 0 Å². The first-order chi connectivity index (χ1) is 15.5. The van der Waals surface area contributed by atoms with Crippen LogP contribution >= 0.6 is 0 Å². The number of aromatic nitrogens is 2. The van der Waals surface area contributed by atoms with Gasteiger partial charge in [0.1, 0.15) is 5.82 Å². The van der Waals surface area contributed by atoms with Crippen molar-refractivity contribution in [3.05, 3.63) is 35.5 Å². The van der Waals surface area contributed by atoms with Gasteiger partial charge >= 0.3 is 6.03 Å². The summed E-state index contributed by atoms with van der Waals surface area (Å²) in [6.45, 7) is 13.4. The number of carbonyl (C=O) groups is 1. The molecule has 1 fully saturated rings. The first-order valence-electron chi connectivity index (χ1n) is 11.7. The molecule has 1 saturated heterocycles. The Morgan fingerprint density at radius 1 is 1.16 bits per heavy atom. The quantitative estimate of drug-likeness (QED) is 0.744. The molecule has 0 spiro atoms. The maximum Gasteiger partial charge on any atom is 0.319 e. The molecular formula is C24H34N6O2. The minimum absolute atomic E-state index is 0.206. The predicted octanol–water partition coefficient (Wildman–Crippen LogP) is 3.45. The zero-order valence-electron chi connectivity index (χ0n) is 19.5. The molecule has 172 valence electrons. The molecule has 32 heavy (non-hydrogen) atoms. The topological polar surface area (TPSA) is 82.6 Å². The molecule has 2 aliphatic heterocycles. The summed E-state index contributed by atoms with van der Waals surface area (Å²) in [6, 6.07) is 8.06. The van der Waals surface area contributed by atoms with E-state index in [0.717, 1.165) is 61.2 Å². The minimum atomic E-state index is -0.206. The number of nitrogens with zero attached hydrogens (tertiary/aromatic N) is 4. The zero-order valence-corrected chi connectivity index (χ0v) is 19.5. The third-order valence-electron chi connectivity index (χ3n) is 6.39. The molecule has 2 atom stereocenters. The average molecular weight is 439 g/mol. The Labute approximate surface area is 190 Å². The van der Waals surface area contributed by atoms with Gasteiger partial charge in [0.05, 0.1) is 24.9 Å². The molecule has 1 aromatic carbocycles. The number of benzene rings is 1. The van der Waals surface area contributed by atoms with Crippen molar-refractivity contribution >= 4 is 17.5 Å². The summed E-state index contributed by atoms with van der Waals surface area (Å²) in [5.74, 6) is 1.78. The number of anilines is 2. The monoisotopic (exact) mass is 438 g/mol. The second-order valence-electron chi connectivity index (χ2n) is 8.47. The van der Waals surface area contributed by atoms with Crippen LogP contribution in [0.4, 0.5) is 16.3 Å². The molecule has 2 N–H and O–H groups in total. The number of likely N-dealkylation sites (N-methyl/N-ethyl adjacent to an activating group) is 1. The maximum atomic E-state index is 11.8. The fourth-order valence-corrected chi connectivity index (χ4v) is 4.58. The average Bonchev–Trinajstić information content (AvgIpc) is 2.80. The molecule has 0 radical (unpaired) electrons. The molecule has 3 heterocycles. The van der Waals surface area contributed by atoms with Crippen LogP contribution in [0, 0.1) is 0 Å². The molecule has 1 unspecified atom stereocenters. The van der Waals surface area contributed by atoms with Gasteiger partial charge in [-0.1, -0.05) is 6.92 Å². The van der Waals surface area contributed by atoms with E-state index in [2.05, 4.69) is 41.2 Å². The number of amides is 2. The highest BCUT2D eigenvalue weighted by Crippen LogP contribution is 2.36. The van der Waals surface area contributed by atoms with Gasteiger partial charge in [0.25, 0.3) is 0 Å². The van der Waals surface area contributed by atoms with Crippen LogP contribution in [-0.2, 0) is 11.2 Å². The van der Waals surface area contributed by atoms with Gasteiger partial charge in [-0.2, -0.15) is 0 Å². The Bertz CT molecular complexity index is 948. The van der Waals surface area contributed by atoms with Gasteiger partial charge in [-0.15, -0.1) is 0 Å².